The number of rotatable bonds is 7. The predicted molar refractivity (Wildman–Crippen MR) is 84.6 cm³/mol. The summed E-state index contributed by atoms with van der Waals surface area (Å²) in [7, 11) is 2.22. The highest BCUT2D eigenvalue weighted by molar-refractivity contribution is 5.03. The minimum absolute atomic E-state index is 0.717. The minimum atomic E-state index is 0.717. The van der Waals surface area contributed by atoms with E-state index >= 15 is 0 Å². The molecule has 1 heterocycles. The highest BCUT2D eigenvalue weighted by atomic mass is 15.1. The Labute approximate surface area is 123 Å². The van der Waals surface area contributed by atoms with Crippen molar-refractivity contribution in [2.24, 2.45) is 5.92 Å². The molecule has 1 aliphatic carbocycles. The Bertz CT molecular complexity index is 366. The topological polar surface area (TPSA) is 28.2 Å². The van der Waals surface area contributed by atoms with Crippen molar-refractivity contribution in [3.05, 3.63) is 30.1 Å². The predicted octanol–water partition coefficient (Wildman–Crippen LogP) is 3.07. The van der Waals surface area contributed by atoms with Gasteiger partial charge in [-0.15, -0.1) is 0 Å². The largest absolute Gasteiger partial charge is 0.314 e. The van der Waals surface area contributed by atoms with Crippen LogP contribution in [0.4, 0.5) is 0 Å². The van der Waals surface area contributed by atoms with Crippen LogP contribution in [0.2, 0.25) is 0 Å². The Morgan fingerprint density at radius 3 is 2.90 bits per heavy atom. The zero-order chi connectivity index (χ0) is 14.2. The quantitative estimate of drug-likeness (QED) is 0.829. The molecule has 1 aromatic rings. The Hall–Kier alpha value is -0.930. The fourth-order valence-electron chi connectivity index (χ4n) is 3.26. The lowest BCUT2D eigenvalue weighted by Gasteiger charge is -2.35. The molecule has 0 spiro atoms. The number of hydrogen-bond acceptors (Lipinski definition) is 3. The summed E-state index contributed by atoms with van der Waals surface area (Å²) in [6, 6.07) is 6.89. The number of pyridine rings is 1. The van der Waals surface area contributed by atoms with Gasteiger partial charge in [-0.05, 0) is 50.9 Å². The highest BCUT2D eigenvalue weighted by Crippen LogP contribution is 2.25. The summed E-state index contributed by atoms with van der Waals surface area (Å²) in [5, 5.41) is 3.75. The average molecular weight is 275 g/mol. The number of hydrogen-bond donors (Lipinski definition) is 1. The van der Waals surface area contributed by atoms with Gasteiger partial charge in [0.05, 0.1) is 5.69 Å². The molecule has 1 fully saturated rings. The third-order valence-electron chi connectivity index (χ3n) is 4.27. The van der Waals surface area contributed by atoms with E-state index in [2.05, 4.69) is 41.3 Å². The smallest absolute Gasteiger partial charge is 0.0543 e. The summed E-state index contributed by atoms with van der Waals surface area (Å²) >= 11 is 0. The Kier molecular flexibility index (Phi) is 6.48. The molecule has 0 amide bonds. The van der Waals surface area contributed by atoms with Gasteiger partial charge < -0.3 is 10.2 Å². The summed E-state index contributed by atoms with van der Waals surface area (Å²) in [5.74, 6) is 0.795. The fourth-order valence-corrected chi connectivity index (χ4v) is 3.26. The summed E-state index contributed by atoms with van der Waals surface area (Å²) < 4.78 is 0. The summed E-state index contributed by atoms with van der Waals surface area (Å²) in [6.45, 7) is 5.54. The van der Waals surface area contributed by atoms with Gasteiger partial charge >= 0.3 is 0 Å². The molecule has 0 radical (unpaired) electrons. The standard InChI is InChI=1S/C17H29N3/c1-3-11-19-17-10-5-4-8-15(17)13-20(2)14-16-9-6-7-12-18-16/h6-7,9,12,15,17,19H,3-5,8,10-11,13-14H2,1-2H3. The van der Waals surface area contributed by atoms with E-state index in [0.717, 1.165) is 25.0 Å². The first-order valence-electron chi connectivity index (χ1n) is 8.11. The summed E-state index contributed by atoms with van der Waals surface area (Å²) in [6.07, 6.45) is 8.62. The second-order valence-electron chi connectivity index (χ2n) is 6.12. The van der Waals surface area contributed by atoms with E-state index in [0.29, 0.717) is 0 Å². The Morgan fingerprint density at radius 2 is 2.15 bits per heavy atom. The first kappa shape index (κ1) is 15.5. The molecule has 20 heavy (non-hydrogen) atoms. The van der Waals surface area contributed by atoms with Crippen LogP contribution in [0.5, 0.6) is 0 Å². The molecular weight excluding hydrogens is 246 g/mol. The molecule has 0 aliphatic heterocycles. The Morgan fingerprint density at radius 1 is 1.30 bits per heavy atom. The molecular formula is C17H29N3. The third kappa shape index (κ3) is 4.88. The molecule has 1 aromatic heterocycles. The van der Waals surface area contributed by atoms with E-state index in [-0.39, 0.29) is 0 Å². The molecule has 2 rings (SSSR count). The van der Waals surface area contributed by atoms with Crippen molar-refractivity contribution in [2.45, 2.75) is 51.6 Å². The molecule has 0 bridgehead atoms. The van der Waals surface area contributed by atoms with Gasteiger partial charge in [0.1, 0.15) is 0 Å². The van der Waals surface area contributed by atoms with Crippen LogP contribution in [-0.4, -0.2) is 36.1 Å². The van der Waals surface area contributed by atoms with Gasteiger partial charge in [0.15, 0.2) is 0 Å². The van der Waals surface area contributed by atoms with Crippen LogP contribution in [0.15, 0.2) is 24.4 Å². The molecule has 2 unspecified atom stereocenters. The lowest BCUT2D eigenvalue weighted by molar-refractivity contribution is 0.184. The lowest BCUT2D eigenvalue weighted by Crippen LogP contribution is -2.43. The first-order valence-corrected chi connectivity index (χ1v) is 8.11. The average Bonchev–Trinajstić information content (AvgIpc) is 2.47. The van der Waals surface area contributed by atoms with Gasteiger partial charge in [0.2, 0.25) is 0 Å². The maximum Gasteiger partial charge on any atom is 0.0543 e. The van der Waals surface area contributed by atoms with Crippen molar-refractivity contribution in [2.75, 3.05) is 20.1 Å². The summed E-state index contributed by atoms with van der Waals surface area (Å²) in [5.41, 5.74) is 1.17. The zero-order valence-electron chi connectivity index (χ0n) is 13.0. The van der Waals surface area contributed by atoms with Gasteiger partial charge in [-0.25, -0.2) is 0 Å². The van der Waals surface area contributed by atoms with Crippen LogP contribution in [0.1, 0.15) is 44.7 Å². The summed E-state index contributed by atoms with van der Waals surface area (Å²) in [4.78, 5) is 6.85. The van der Waals surface area contributed by atoms with Gasteiger partial charge in [-0.2, -0.15) is 0 Å². The van der Waals surface area contributed by atoms with E-state index in [9.17, 15) is 0 Å². The van der Waals surface area contributed by atoms with Crippen molar-refractivity contribution < 1.29 is 0 Å². The monoisotopic (exact) mass is 275 g/mol. The van der Waals surface area contributed by atoms with Crippen LogP contribution >= 0.6 is 0 Å². The van der Waals surface area contributed by atoms with Crippen molar-refractivity contribution in [1.29, 1.82) is 0 Å². The van der Waals surface area contributed by atoms with E-state index in [4.69, 9.17) is 0 Å². The van der Waals surface area contributed by atoms with E-state index in [1.54, 1.807) is 0 Å². The van der Waals surface area contributed by atoms with Gasteiger partial charge in [0.25, 0.3) is 0 Å². The van der Waals surface area contributed by atoms with E-state index in [1.807, 2.05) is 12.3 Å². The van der Waals surface area contributed by atoms with Gasteiger partial charge in [-0.3, -0.25) is 4.98 Å². The first-order chi connectivity index (χ1) is 9.79. The molecule has 3 nitrogen and oxygen atoms in total. The maximum atomic E-state index is 4.42. The van der Waals surface area contributed by atoms with E-state index in [1.165, 1.54) is 44.3 Å². The second-order valence-corrected chi connectivity index (χ2v) is 6.12. The van der Waals surface area contributed by atoms with Crippen LogP contribution < -0.4 is 5.32 Å². The lowest BCUT2D eigenvalue weighted by atomic mass is 9.84. The van der Waals surface area contributed by atoms with Crippen molar-refractivity contribution in [3.63, 3.8) is 0 Å². The van der Waals surface area contributed by atoms with E-state index < -0.39 is 0 Å². The third-order valence-corrected chi connectivity index (χ3v) is 4.27. The molecule has 1 saturated carbocycles. The number of nitrogens with zero attached hydrogens (tertiary/aromatic N) is 2. The second kappa shape index (κ2) is 8.38. The van der Waals surface area contributed by atoms with Crippen molar-refractivity contribution in [3.8, 4) is 0 Å². The van der Waals surface area contributed by atoms with Crippen LogP contribution in [0, 0.1) is 5.92 Å². The minimum Gasteiger partial charge on any atom is -0.314 e. The van der Waals surface area contributed by atoms with Crippen LogP contribution in [0.3, 0.4) is 0 Å². The number of nitrogens with one attached hydrogen (secondary N) is 1. The zero-order valence-corrected chi connectivity index (χ0v) is 13.0. The molecule has 0 aromatic carbocycles. The molecule has 2 atom stereocenters. The van der Waals surface area contributed by atoms with Gasteiger partial charge in [-0.1, -0.05) is 25.8 Å². The van der Waals surface area contributed by atoms with Crippen LogP contribution in [0.25, 0.3) is 0 Å². The molecule has 1 N–H and O–H groups in total. The normalized spacial score (nSPS) is 23.1. The highest BCUT2D eigenvalue weighted by Gasteiger charge is 2.25. The molecule has 1 aliphatic rings. The fraction of sp³-hybridized carbons (Fsp3) is 0.706. The SMILES string of the molecule is CCCNC1CCCCC1CN(C)Cc1ccccn1. The van der Waals surface area contributed by atoms with Crippen LogP contribution in [-0.2, 0) is 6.54 Å². The molecule has 112 valence electrons. The number of aromatic nitrogens is 1. The maximum absolute atomic E-state index is 4.42. The Balaban J connectivity index is 1.83. The van der Waals surface area contributed by atoms with Gasteiger partial charge in [0, 0.05) is 25.3 Å². The molecule has 0 saturated heterocycles. The van der Waals surface area contributed by atoms with Crippen molar-refractivity contribution in [1.82, 2.24) is 15.2 Å². The van der Waals surface area contributed by atoms with Crippen molar-refractivity contribution >= 4 is 0 Å². The molecule has 3 heteroatoms.